The van der Waals surface area contributed by atoms with E-state index in [-0.39, 0.29) is 0 Å². The van der Waals surface area contributed by atoms with Crippen LogP contribution in [0.1, 0.15) is 25.3 Å². The Kier molecular flexibility index (Phi) is 7.69. The number of nitrogens with one attached hydrogen (secondary N) is 1. The van der Waals surface area contributed by atoms with Gasteiger partial charge in [-0.25, -0.2) is 8.89 Å². The Morgan fingerprint density at radius 3 is 2.68 bits per heavy atom. The molecular weight excluding hydrogens is 515 g/mol. The van der Waals surface area contributed by atoms with Gasteiger partial charge in [-0.15, -0.1) is 12.6 Å². The third kappa shape index (κ3) is 5.04. The van der Waals surface area contributed by atoms with E-state index >= 15 is 0 Å². The number of rotatable bonds is 7. The van der Waals surface area contributed by atoms with Crippen molar-refractivity contribution in [3.63, 3.8) is 0 Å². The summed E-state index contributed by atoms with van der Waals surface area (Å²) < 4.78 is 16.4. The molecule has 0 radical (unpaired) electrons. The highest BCUT2D eigenvalue weighted by atomic mass is 35.5. The minimum absolute atomic E-state index is 0.335. The standard InChI is InChI=1S/C23H22Cl2N4O3S2/c1-2-6-19(22(30)31)29-23(33)26-20(34(29)32)11-14-13-28(16-7-4-3-5-8-16)27-21(14)17-10-9-15(24)12-18(17)25/h3-5,7-13,19,23,26,33H,2,6H2,1H3,(H,30,31)/b20-11-. The molecular formula is C23H22Cl2N4O3S2. The van der Waals surface area contributed by atoms with Crippen molar-refractivity contribution in [3.8, 4) is 16.9 Å². The van der Waals surface area contributed by atoms with Gasteiger partial charge in [0.1, 0.15) is 33.2 Å². The van der Waals surface area contributed by atoms with Crippen LogP contribution in [0.4, 0.5) is 0 Å². The number of hydrogen-bond donors (Lipinski definition) is 3. The van der Waals surface area contributed by atoms with Gasteiger partial charge in [-0.3, -0.25) is 4.79 Å². The Hall–Kier alpha value is -2.30. The SMILES string of the molecule is CCCC(C(=O)O)N1C(S)N/C(=C/c2cn(-c3ccccc3)nc2-c2ccc(Cl)cc2Cl)S1=O. The molecule has 1 saturated heterocycles. The molecule has 0 bridgehead atoms. The van der Waals surface area contributed by atoms with E-state index in [1.807, 2.05) is 37.3 Å². The largest absolute Gasteiger partial charge is 0.480 e. The lowest BCUT2D eigenvalue weighted by molar-refractivity contribution is -0.141. The van der Waals surface area contributed by atoms with Crippen molar-refractivity contribution in [1.29, 1.82) is 0 Å². The van der Waals surface area contributed by atoms with Gasteiger partial charge >= 0.3 is 5.97 Å². The number of carbonyl (C=O) groups is 1. The lowest BCUT2D eigenvalue weighted by Crippen LogP contribution is -2.44. The molecule has 2 heterocycles. The normalized spacial score (nSPS) is 20.4. The molecule has 34 heavy (non-hydrogen) atoms. The number of benzene rings is 2. The molecule has 1 fully saturated rings. The number of nitrogens with zero attached hydrogens (tertiary/aromatic N) is 3. The number of carboxylic acids is 1. The minimum Gasteiger partial charge on any atom is -0.480 e. The summed E-state index contributed by atoms with van der Waals surface area (Å²) in [7, 11) is -1.76. The molecule has 2 aromatic carbocycles. The number of hydrogen-bond acceptors (Lipinski definition) is 5. The van der Waals surface area contributed by atoms with Crippen LogP contribution in [0.2, 0.25) is 10.0 Å². The zero-order valence-corrected chi connectivity index (χ0v) is 21.3. The van der Waals surface area contributed by atoms with Crippen LogP contribution in [0.25, 0.3) is 23.0 Å². The predicted octanol–water partition coefficient (Wildman–Crippen LogP) is 5.18. The van der Waals surface area contributed by atoms with Crippen LogP contribution >= 0.6 is 35.8 Å². The van der Waals surface area contributed by atoms with Crippen LogP contribution < -0.4 is 5.32 Å². The maximum Gasteiger partial charge on any atom is 0.322 e. The topological polar surface area (TPSA) is 87.5 Å². The molecule has 7 nitrogen and oxygen atoms in total. The van der Waals surface area contributed by atoms with E-state index in [0.29, 0.717) is 44.7 Å². The molecule has 1 aliphatic heterocycles. The van der Waals surface area contributed by atoms with E-state index in [4.69, 9.17) is 28.3 Å². The van der Waals surface area contributed by atoms with E-state index in [1.54, 1.807) is 35.2 Å². The van der Waals surface area contributed by atoms with Crippen LogP contribution in [0.3, 0.4) is 0 Å². The lowest BCUT2D eigenvalue weighted by Gasteiger charge is -2.24. The van der Waals surface area contributed by atoms with Crippen molar-refractivity contribution < 1.29 is 14.1 Å². The highest BCUT2D eigenvalue weighted by molar-refractivity contribution is 7.89. The highest BCUT2D eigenvalue weighted by Gasteiger charge is 2.40. The molecule has 0 aliphatic carbocycles. The zero-order valence-electron chi connectivity index (χ0n) is 18.1. The average molecular weight is 537 g/mol. The molecule has 0 saturated carbocycles. The second kappa shape index (κ2) is 10.5. The third-order valence-corrected chi connectivity index (χ3v) is 7.82. The van der Waals surface area contributed by atoms with Crippen molar-refractivity contribution in [2.45, 2.75) is 31.3 Å². The van der Waals surface area contributed by atoms with E-state index < -0.39 is 28.5 Å². The summed E-state index contributed by atoms with van der Waals surface area (Å²) in [6, 6.07) is 13.8. The van der Waals surface area contributed by atoms with E-state index in [9.17, 15) is 14.1 Å². The number of aromatic nitrogens is 2. The Morgan fingerprint density at radius 2 is 2.03 bits per heavy atom. The van der Waals surface area contributed by atoms with Crippen molar-refractivity contribution in [3.05, 3.63) is 75.4 Å². The third-order valence-electron chi connectivity index (χ3n) is 5.28. The summed E-state index contributed by atoms with van der Waals surface area (Å²) >= 11 is 17.0. The Labute approximate surface area is 215 Å². The van der Waals surface area contributed by atoms with E-state index in [1.165, 1.54) is 4.31 Å². The monoisotopic (exact) mass is 536 g/mol. The highest BCUT2D eigenvalue weighted by Crippen LogP contribution is 2.34. The molecule has 2 N–H and O–H groups in total. The second-order valence-electron chi connectivity index (χ2n) is 7.62. The fourth-order valence-corrected chi connectivity index (χ4v) is 6.16. The maximum atomic E-state index is 13.3. The van der Waals surface area contributed by atoms with Crippen molar-refractivity contribution in [2.75, 3.05) is 0 Å². The van der Waals surface area contributed by atoms with Crippen LogP contribution in [-0.2, 0) is 15.8 Å². The van der Waals surface area contributed by atoms with Crippen molar-refractivity contribution in [1.82, 2.24) is 19.4 Å². The van der Waals surface area contributed by atoms with Gasteiger partial charge in [0.15, 0.2) is 0 Å². The molecule has 0 amide bonds. The smallest absolute Gasteiger partial charge is 0.322 e. The maximum absolute atomic E-state index is 13.3. The first-order chi connectivity index (χ1) is 16.3. The Balaban J connectivity index is 1.80. The van der Waals surface area contributed by atoms with Gasteiger partial charge in [-0.05, 0) is 42.8 Å². The molecule has 11 heteroatoms. The zero-order chi connectivity index (χ0) is 24.4. The number of aliphatic carboxylic acids is 1. The summed E-state index contributed by atoms with van der Waals surface area (Å²) in [6.45, 7) is 1.88. The first-order valence-corrected chi connectivity index (χ1v) is 12.9. The first kappa shape index (κ1) is 24.8. The Morgan fingerprint density at radius 1 is 1.29 bits per heavy atom. The number of para-hydroxylation sites is 1. The van der Waals surface area contributed by atoms with Gasteiger partial charge in [0, 0.05) is 22.3 Å². The lowest BCUT2D eigenvalue weighted by atomic mass is 10.1. The van der Waals surface area contributed by atoms with Crippen LogP contribution in [0.5, 0.6) is 0 Å². The second-order valence-corrected chi connectivity index (χ2v) is 10.3. The number of carboxylic acid groups (broad SMARTS) is 1. The van der Waals surface area contributed by atoms with Crippen molar-refractivity contribution >= 4 is 58.9 Å². The number of thiol groups is 1. The molecule has 0 spiro atoms. The molecule has 3 unspecified atom stereocenters. The molecule has 3 atom stereocenters. The van der Waals surface area contributed by atoms with Gasteiger partial charge in [-0.1, -0.05) is 54.7 Å². The molecule has 1 aliphatic rings. The molecule has 1 aromatic heterocycles. The summed E-state index contributed by atoms with van der Waals surface area (Å²) in [5.74, 6) is -1.04. The minimum atomic E-state index is -1.76. The summed E-state index contributed by atoms with van der Waals surface area (Å²) in [4.78, 5) is 11.8. The fraction of sp³-hybridized carbons (Fsp3) is 0.217. The quantitative estimate of drug-likeness (QED) is 0.362. The van der Waals surface area contributed by atoms with Gasteiger partial charge in [0.05, 0.1) is 10.7 Å². The fourth-order valence-electron chi connectivity index (χ4n) is 3.69. The summed E-state index contributed by atoms with van der Waals surface area (Å²) in [6.07, 6.45) is 4.48. The van der Waals surface area contributed by atoms with Crippen LogP contribution in [-0.4, -0.2) is 40.9 Å². The van der Waals surface area contributed by atoms with Gasteiger partial charge in [-0.2, -0.15) is 9.40 Å². The number of halogens is 2. The molecule has 3 aromatic rings. The summed E-state index contributed by atoms with van der Waals surface area (Å²) in [5, 5.41) is 18.7. The van der Waals surface area contributed by atoms with Gasteiger partial charge in [0.2, 0.25) is 0 Å². The summed E-state index contributed by atoms with van der Waals surface area (Å²) in [5.41, 5.74) is 1.99. The first-order valence-electron chi connectivity index (χ1n) is 10.5. The molecule has 4 rings (SSSR count). The van der Waals surface area contributed by atoms with E-state index in [2.05, 4.69) is 17.9 Å². The average Bonchev–Trinajstić information content (AvgIpc) is 3.33. The predicted molar refractivity (Wildman–Crippen MR) is 139 cm³/mol. The van der Waals surface area contributed by atoms with Gasteiger partial charge in [0.25, 0.3) is 0 Å². The van der Waals surface area contributed by atoms with Crippen LogP contribution in [0.15, 0.2) is 59.8 Å². The molecule has 178 valence electrons. The van der Waals surface area contributed by atoms with Crippen LogP contribution in [0, 0.1) is 0 Å². The van der Waals surface area contributed by atoms with Gasteiger partial charge < -0.3 is 10.4 Å². The van der Waals surface area contributed by atoms with Crippen molar-refractivity contribution in [2.24, 2.45) is 0 Å². The Bertz CT molecular complexity index is 1270. The van der Waals surface area contributed by atoms with E-state index in [0.717, 1.165) is 5.69 Å².